The van der Waals surface area contributed by atoms with Crippen LogP contribution in [0.3, 0.4) is 0 Å². The molecule has 0 unspecified atom stereocenters. The Balaban J connectivity index is 5.46. The van der Waals surface area contributed by atoms with E-state index in [0.29, 0.717) is 15.1 Å². The van der Waals surface area contributed by atoms with Crippen LogP contribution in [0.5, 0.6) is 0 Å². The van der Waals surface area contributed by atoms with Gasteiger partial charge < -0.3 is 0 Å². The van der Waals surface area contributed by atoms with Crippen LogP contribution < -0.4 is 0 Å². The molecule has 0 saturated carbocycles. The maximum Gasteiger partial charge on any atom is 0.0661 e. The van der Waals surface area contributed by atoms with Crippen molar-refractivity contribution >= 4 is 8.80 Å². The predicted octanol–water partition coefficient (Wildman–Crippen LogP) is 8.39. The predicted molar refractivity (Wildman–Crippen MR) is 106 cm³/mol. The summed E-state index contributed by atoms with van der Waals surface area (Å²) in [6.45, 7) is 22.6. The minimum Gasteiger partial charge on any atom is -0.0654 e. The Morgan fingerprint density at radius 2 is 0.727 bits per heavy atom. The minimum absolute atomic E-state index is 0.491. The van der Waals surface area contributed by atoms with Crippen molar-refractivity contribution < 1.29 is 0 Å². The highest BCUT2D eigenvalue weighted by molar-refractivity contribution is 6.68. The van der Waals surface area contributed by atoms with Crippen LogP contribution in [0.1, 0.15) is 120 Å². The first-order valence-corrected chi connectivity index (χ1v) is 11.4. The molecule has 0 N–H and O–H groups in total. The molecule has 0 amide bonds. The number of hydrogen-bond acceptors (Lipinski definition) is 0. The smallest absolute Gasteiger partial charge is 0.0654 e. The summed E-state index contributed by atoms with van der Waals surface area (Å²) < 4.78 is 0. The molecule has 0 atom stereocenters. The van der Waals surface area contributed by atoms with Gasteiger partial charge in [0.15, 0.2) is 0 Å². The maximum atomic E-state index is 2.60. The van der Waals surface area contributed by atoms with E-state index < -0.39 is 8.80 Å². The third-order valence-corrected chi connectivity index (χ3v) is 10.3. The second-order valence-corrected chi connectivity index (χ2v) is 14.1. The molecule has 1 heteroatoms. The van der Waals surface area contributed by atoms with E-state index in [1.54, 1.807) is 0 Å². The van der Waals surface area contributed by atoms with Crippen LogP contribution in [0.25, 0.3) is 0 Å². The molecule has 0 aliphatic rings. The van der Waals surface area contributed by atoms with Gasteiger partial charge in [-0.25, -0.2) is 0 Å². The summed E-state index contributed by atoms with van der Waals surface area (Å²) in [6, 6.07) is 0. The summed E-state index contributed by atoms with van der Waals surface area (Å²) >= 11 is 0. The molecule has 0 aromatic heterocycles. The van der Waals surface area contributed by atoms with Crippen molar-refractivity contribution in [3.8, 4) is 0 Å². The Morgan fingerprint density at radius 3 is 0.909 bits per heavy atom. The molecule has 0 aliphatic heterocycles. The lowest BCUT2D eigenvalue weighted by Crippen LogP contribution is -2.46. The summed E-state index contributed by atoms with van der Waals surface area (Å²) in [5.74, 6) is 0. The van der Waals surface area contributed by atoms with Gasteiger partial charge in [0.2, 0.25) is 0 Å². The topological polar surface area (TPSA) is 0 Å². The van der Waals surface area contributed by atoms with E-state index in [1.165, 1.54) is 57.8 Å². The fourth-order valence-electron chi connectivity index (χ4n) is 4.98. The average molecular weight is 326 g/mol. The summed E-state index contributed by atoms with van der Waals surface area (Å²) in [5, 5.41) is 1.61. The first kappa shape index (κ1) is 22.2. The zero-order chi connectivity index (χ0) is 17.4. The SMILES string of the molecule is CCCCC(C)(C)[Si](C(C)(C)CCCC)C(C)(C)CCCC. The first-order valence-electron chi connectivity index (χ1n) is 9.93. The molecule has 0 spiro atoms. The van der Waals surface area contributed by atoms with Crippen LogP contribution in [0.2, 0.25) is 15.1 Å². The third-order valence-electron chi connectivity index (χ3n) is 5.50. The standard InChI is InChI=1S/C21H45Si/c1-10-13-16-19(4,5)22(20(6,7)17-14-11-2)21(8,9)18-15-12-3/h10-18H2,1-9H3. The second kappa shape index (κ2) is 9.50. The van der Waals surface area contributed by atoms with Crippen LogP contribution in [-0.2, 0) is 0 Å². The van der Waals surface area contributed by atoms with Crippen molar-refractivity contribution in [1.82, 2.24) is 0 Å². The Morgan fingerprint density at radius 1 is 0.500 bits per heavy atom. The zero-order valence-corrected chi connectivity index (χ0v) is 18.4. The van der Waals surface area contributed by atoms with Gasteiger partial charge >= 0.3 is 0 Å². The molecule has 0 bridgehead atoms. The van der Waals surface area contributed by atoms with Crippen LogP contribution in [0, 0.1) is 0 Å². The van der Waals surface area contributed by atoms with Crippen LogP contribution >= 0.6 is 0 Å². The Labute approximate surface area is 144 Å². The lowest BCUT2D eigenvalue weighted by atomic mass is 10.0. The largest absolute Gasteiger partial charge is 0.0661 e. The molecule has 133 valence electrons. The summed E-state index contributed by atoms with van der Waals surface area (Å²) in [5.41, 5.74) is 0. The van der Waals surface area contributed by atoms with Gasteiger partial charge in [-0.05, 0) is 15.1 Å². The molecule has 0 aromatic carbocycles. The molecule has 22 heavy (non-hydrogen) atoms. The number of unbranched alkanes of at least 4 members (excludes halogenated alkanes) is 3. The number of rotatable bonds is 12. The van der Waals surface area contributed by atoms with Crippen molar-refractivity contribution in [2.24, 2.45) is 0 Å². The van der Waals surface area contributed by atoms with E-state index in [2.05, 4.69) is 62.3 Å². The van der Waals surface area contributed by atoms with Gasteiger partial charge in [-0.2, -0.15) is 0 Å². The molecule has 1 radical (unpaired) electrons. The van der Waals surface area contributed by atoms with Gasteiger partial charge in [0.1, 0.15) is 0 Å². The molecular formula is C21H45Si. The maximum absolute atomic E-state index is 2.60. The lowest BCUT2D eigenvalue weighted by molar-refractivity contribution is 0.436. The molecule has 0 rings (SSSR count). The Kier molecular flexibility index (Phi) is 9.59. The molecular weight excluding hydrogens is 280 g/mol. The van der Waals surface area contributed by atoms with Gasteiger partial charge in [0.25, 0.3) is 0 Å². The summed E-state index contributed by atoms with van der Waals surface area (Å²) in [6.07, 6.45) is 12.5. The fraction of sp³-hybridized carbons (Fsp3) is 1.00. The Bertz CT molecular complexity index is 241. The highest BCUT2D eigenvalue weighted by Gasteiger charge is 2.49. The van der Waals surface area contributed by atoms with Crippen LogP contribution in [0.4, 0.5) is 0 Å². The quantitative estimate of drug-likeness (QED) is 0.316. The van der Waals surface area contributed by atoms with Crippen molar-refractivity contribution in [2.75, 3.05) is 0 Å². The van der Waals surface area contributed by atoms with E-state index in [4.69, 9.17) is 0 Å². The fourth-order valence-corrected chi connectivity index (χ4v) is 11.8. The minimum atomic E-state index is -0.491. The highest BCUT2D eigenvalue weighted by Crippen LogP contribution is 2.59. The van der Waals surface area contributed by atoms with E-state index in [9.17, 15) is 0 Å². The molecule has 0 fully saturated rings. The highest BCUT2D eigenvalue weighted by atomic mass is 28.3. The normalized spacial score (nSPS) is 13.9. The van der Waals surface area contributed by atoms with Gasteiger partial charge in [-0.1, -0.05) is 120 Å². The van der Waals surface area contributed by atoms with Gasteiger partial charge in [0.05, 0.1) is 8.80 Å². The van der Waals surface area contributed by atoms with Crippen molar-refractivity contribution in [3.05, 3.63) is 0 Å². The summed E-state index contributed by atoms with van der Waals surface area (Å²) in [7, 11) is -0.491. The Hall–Kier alpha value is 0.217. The van der Waals surface area contributed by atoms with Crippen molar-refractivity contribution in [3.63, 3.8) is 0 Å². The van der Waals surface area contributed by atoms with E-state index in [0.717, 1.165) is 0 Å². The zero-order valence-electron chi connectivity index (χ0n) is 17.4. The lowest BCUT2D eigenvalue weighted by Gasteiger charge is -2.52. The molecule has 0 aliphatic carbocycles. The average Bonchev–Trinajstić information content (AvgIpc) is 2.39. The van der Waals surface area contributed by atoms with E-state index in [-0.39, 0.29) is 0 Å². The molecule has 0 heterocycles. The molecule has 0 saturated heterocycles. The van der Waals surface area contributed by atoms with Gasteiger partial charge in [-0.3, -0.25) is 0 Å². The second-order valence-electron chi connectivity index (χ2n) is 9.34. The number of hydrogen-bond donors (Lipinski definition) is 0. The monoisotopic (exact) mass is 325 g/mol. The van der Waals surface area contributed by atoms with E-state index >= 15 is 0 Å². The van der Waals surface area contributed by atoms with Gasteiger partial charge in [-0.15, -0.1) is 0 Å². The molecule has 0 aromatic rings. The molecule has 0 nitrogen and oxygen atoms in total. The first-order chi connectivity index (χ1) is 10.0. The van der Waals surface area contributed by atoms with Gasteiger partial charge in [0, 0.05) is 0 Å². The van der Waals surface area contributed by atoms with Crippen LogP contribution in [-0.4, -0.2) is 8.80 Å². The van der Waals surface area contributed by atoms with Crippen molar-refractivity contribution in [1.29, 1.82) is 0 Å². The van der Waals surface area contributed by atoms with E-state index in [1.807, 2.05) is 0 Å². The summed E-state index contributed by atoms with van der Waals surface area (Å²) in [4.78, 5) is 0. The van der Waals surface area contributed by atoms with Crippen molar-refractivity contribution in [2.45, 2.75) is 135 Å². The third kappa shape index (κ3) is 6.77. The van der Waals surface area contributed by atoms with Crippen LogP contribution in [0.15, 0.2) is 0 Å².